The van der Waals surface area contributed by atoms with Crippen molar-refractivity contribution in [3.63, 3.8) is 0 Å². The Morgan fingerprint density at radius 2 is 1.31 bits per heavy atom. The second kappa shape index (κ2) is 9.86. The van der Waals surface area contributed by atoms with Crippen molar-refractivity contribution >= 4 is 15.9 Å². The molecule has 0 saturated heterocycles. The lowest BCUT2D eigenvalue weighted by Gasteiger charge is -2.09. The van der Waals surface area contributed by atoms with Crippen molar-refractivity contribution in [3.8, 4) is 5.75 Å². The Labute approximate surface area is 170 Å². The molecule has 0 saturated carbocycles. The van der Waals surface area contributed by atoms with E-state index < -0.39 is 10.0 Å². The van der Waals surface area contributed by atoms with Crippen LogP contribution < -0.4 is 14.8 Å². The molecule has 0 aliphatic carbocycles. The van der Waals surface area contributed by atoms with Crippen LogP contribution >= 0.6 is 0 Å². The summed E-state index contributed by atoms with van der Waals surface area (Å²) in [6.45, 7) is 0.488. The molecular weight excluding hydrogens is 388 g/mol. The molecule has 0 heterocycles. The van der Waals surface area contributed by atoms with Gasteiger partial charge in [-0.1, -0.05) is 60.7 Å². The zero-order valence-corrected chi connectivity index (χ0v) is 16.6. The number of carbonyl (C=O) groups excluding carboxylic acids is 1. The van der Waals surface area contributed by atoms with Gasteiger partial charge in [-0.25, -0.2) is 13.1 Å². The minimum Gasteiger partial charge on any atom is -0.484 e. The molecule has 6 nitrogen and oxygen atoms in total. The molecule has 3 rings (SSSR count). The number of ether oxygens (including phenoxy) is 1. The molecule has 150 valence electrons. The van der Waals surface area contributed by atoms with Crippen LogP contribution in [-0.2, 0) is 27.9 Å². The Kier molecular flexibility index (Phi) is 6.99. The quantitative estimate of drug-likeness (QED) is 0.568. The fourth-order valence-electron chi connectivity index (χ4n) is 2.57. The van der Waals surface area contributed by atoms with Gasteiger partial charge in [-0.3, -0.25) is 4.79 Å². The smallest absolute Gasteiger partial charge is 0.258 e. The molecule has 0 aromatic heterocycles. The highest BCUT2D eigenvalue weighted by atomic mass is 32.2. The largest absolute Gasteiger partial charge is 0.484 e. The number of rotatable bonds is 9. The van der Waals surface area contributed by atoms with Gasteiger partial charge in [0, 0.05) is 13.1 Å². The van der Waals surface area contributed by atoms with Crippen LogP contribution in [0, 0.1) is 0 Å². The van der Waals surface area contributed by atoms with Crippen molar-refractivity contribution in [2.45, 2.75) is 18.0 Å². The number of hydrogen-bond donors (Lipinski definition) is 2. The molecule has 3 aromatic carbocycles. The van der Waals surface area contributed by atoms with Crippen molar-refractivity contribution in [2.75, 3.05) is 6.61 Å². The van der Waals surface area contributed by atoms with E-state index in [2.05, 4.69) is 10.0 Å². The minimum atomic E-state index is -3.63. The van der Waals surface area contributed by atoms with E-state index >= 15 is 0 Å². The maximum atomic E-state index is 12.4. The molecular formula is C22H22N2O4S. The third-order valence-corrected chi connectivity index (χ3v) is 5.56. The molecule has 0 radical (unpaired) electrons. The highest BCUT2D eigenvalue weighted by Crippen LogP contribution is 2.16. The molecule has 3 aromatic rings. The fourth-order valence-corrected chi connectivity index (χ4v) is 3.59. The maximum Gasteiger partial charge on any atom is 0.258 e. The Morgan fingerprint density at radius 3 is 1.90 bits per heavy atom. The average molecular weight is 410 g/mol. The molecule has 0 atom stereocenters. The summed E-state index contributed by atoms with van der Waals surface area (Å²) < 4.78 is 32.8. The molecule has 0 spiro atoms. The van der Waals surface area contributed by atoms with Gasteiger partial charge in [0.2, 0.25) is 10.0 Å². The van der Waals surface area contributed by atoms with E-state index in [0.717, 1.165) is 11.1 Å². The topological polar surface area (TPSA) is 84.5 Å². The Balaban J connectivity index is 1.48. The van der Waals surface area contributed by atoms with Gasteiger partial charge >= 0.3 is 0 Å². The molecule has 29 heavy (non-hydrogen) atoms. The predicted octanol–water partition coefficient (Wildman–Crippen LogP) is 2.86. The highest BCUT2D eigenvalue weighted by molar-refractivity contribution is 7.89. The first-order valence-corrected chi connectivity index (χ1v) is 10.6. The number of hydrogen-bond acceptors (Lipinski definition) is 4. The molecule has 0 bridgehead atoms. The summed E-state index contributed by atoms with van der Waals surface area (Å²) in [4.78, 5) is 12.0. The second-order valence-electron chi connectivity index (χ2n) is 6.33. The first kappa shape index (κ1) is 20.6. The number of nitrogens with one attached hydrogen (secondary N) is 2. The van der Waals surface area contributed by atoms with E-state index in [1.165, 1.54) is 24.3 Å². The lowest BCUT2D eigenvalue weighted by molar-refractivity contribution is -0.123. The first-order valence-electron chi connectivity index (χ1n) is 9.10. The summed E-state index contributed by atoms with van der Waals surface area (Å²) in [5.74, 6) is 0.164. The minimum absolute atomic E-state index is 0.134. The lowest BCUT2D eigenvalue weighted by atomic mass is 10.2. The molecule has 0 unspecified atom stereocenters. The van der Waals surface area contributed by atoms with Gasteiger partial charge < -0.3 is 10.1 Å². The summed E-state index contributed by atoms with van der Waals surface area (Å²) in [7, 11) is -3.63. The molecule has 0 aliphatic rings. The summed E-state index contributed by atoms with van der Waals surface area (Å²) in [6.07, 6.45) is 0. The van der Waals surface area contributed by atoms with Crippen molar-refractivity contribution in [1.29, 1.82) is 0 Å². The lowest BCUT2D eigenvalue weighted by Crippen LogP contribution is -2.28. The van der Waals surface area contributed by atoms with E-state index in [0.29, 0.717) is 12.3 Å². The van der Waals surface area contributed by atoms with Gasteiger partial charge in [0.15, 0.2) is 6.61 Å². The van der Waals surface area contributed by atoms with Crippen molar-refractivity contribution < 1.29 is 17.9 Å². The van der Waals surface area contributed by atoms with Crippen LogP contribution in [0.1, 0.15) is 11.1 Å². The SMILES string of the molecule is O=C(COc1ccc(S(=O)(=O)NCc2ccccc2)cc1)NCc1ccccc1. The Morgan fingerprint density at radius 1 is 0.759 bits per heavy atom. The van der Waals surface area contributed by atoms with E-state index in [9.17, 15) is 13.2 Å². The Hall–Kier alpha value is -3.16. The monoisotopic (exact) mass is 410 g/mol. The van der Waals surface area contributed by atoms with Crippen LogP contribution in [-0.4, -0.2) is 20.9 Å². The van der Waals surface area contributed by atoms with E-state index in [4.69, 9.17) is 4.74 Å². The molecule has 7 heteroatoms. The molecule has 1 amide bonds. The summed E-state index contributed by atoms with van der Waals surface area (Å²) in [6, 6.07) is 24.8. The van der Waals surface area contributed by atoms with Gasteiger partial charge in [-0.2, -0.15) is 0 Å². The third kappa shape index (κ3) is 6.44. The van der Waals surface area contributed by atoms with E-state index in [1.54, 1.807) is 0 Å². The van der Waals surface area contributed by atoms with Crippen LogP contribution in [0.15, 0.2) is 89.8 Å². The maximum absolute atomic E-state index is 12.4. The van der Waals surface area contributed by atoms with Gasteiger partial charge in [0.05, 0.1) is 4.90 Å². The van der Waals surface area contributed by atoms with Crippen LogP contribution in [0.3, 0.4) is 0 Å². The van der Waals surface area contributed by atoms with Gasteiger partial charge in [-0.05, 0) is 35.4 Å². The Bertz CT molecular complexity index is 1020. The third-order valence-electron chi connectivity index (χ3n) is 4.15. The number of amides is 1. The van der Waals surface area contributed by atoms with Crippen LogP contribution in [0.4, 0.5) is 0 Å². The van der Waals surface area contributed by atoms with Crippen LogP contribution in [0.25, 0.3) is 0 Å². The number of sulfonamides is 1. The zero-order valence-electron chi connectivity index (χ0n) is 15.7. The highest BCUT2D eigenvalue weighted by Gasteiger charge is 2.14. The molecule has 0 aliphatic heterocycles. The second-order valence-corrected chi connectivity index (χ2v) is 8.10. The van der Waals surface area contributed by atoms with E-state index in [1.807, 2.05) is 60.7 Å². The first-order chi connectivity index (χ1) is 14.0. The van der Waals surface area contributed by atoms with Crippen molar-refractivity contribution in [2.24, 2.45) is 0 Å². The normalized spacial score (nSPS) is 11.0. The van der Waals surface area contributed by atoms with Crippen molar-refractivity contribution in [1.82, 2.24) is 10.0 Å². The van der Waals surface area contributed by atoms with Gasteiger partial charge in [-0.15, -0.1) is 0 Å². The summed E-state index contributed by atoms with van der Waals surface area (Å²) >= 11 is 0. The number of benzene rings is 3. The molecule has 2 N–H and O–H groups in total. The van der Waals surface area contributed by atoms with Crippen molar-refractivity contribution in [3.05, 3.63) is 96.1 Å². The fraction of sp³-hybridized carbons (Fsp3) is 0.136. The predicted molar refractivity (Wildman–Crippen MR) is 111 cm³/mol. The van der Waals surface area contributed by atoms with Gasteiger partial charge in [0.25, 0.3) is 5.91 Å². The summed E-state index contributed by atoms with van der Waals surface area (Å²) in [5, 5.41) is 2.77. The zero-order chi connectivity index (χ0) is 20.5. The molecule has 0 fully saturated rings. The van der Waals surface area contributed by atoms with Crippen LogP contribution in [0.2, 0.25) is 0 Å². The van der Waals surface area contributed by atoms with Crippen LogP contribution in [0.5, 0.6) is 5.75 Å². The standard InChI is InChI=1S/C22H22N2O4S/c25-22(23-15-18-7-3-1-4-8-18)17-28-20-11-13-21(14-12-20)29(26,27)24-16-19-9-5-2-6-10-19/h1-14,24H,15-17H2,(H,23,25). The average Bonchev–Trinajstić information content (AvgIpc) is 2.77. The summed E-state index contributed by atoms with van der Waals surface area (Å²) in [5.41, 5.74) is 1.87. The van der Waals surface area contributed by atoms with E-state index in [-0.39, 0.29) is 24.0 Å². The van der Waals surface area contributed by atoms with Gasteiger partial charge in [0.1, 0.15) is 5.75 Å². The number of carbonyl (C=O) groups is 1.